The second-order valence-electron chi connectivity index (χ2n) is 6.92. The highest BCUT2D eigenvalue weighted by Crippen LogP contribution is 2.31. The topological polar surface area (TPSA) is 50.6 Å². The number of nitrogens with zero attached hydrogens (tertiary/aromatic N) is 4. The monoisotopic (exact) mass is 364 g/mol. The Hall–Kier alpha value is -2.86. The lowest BCUT2D eigenvalue weighted by atomic mass is 10.1. The molecule has 1 aliphatic heterocycles. The van der Waals surface area contributed by atoms with Gasteiger partial charge in [0.05, 0.1) is 18.7 Å². The number of hydrogen-bond acceptors (Lipinski definition) is 4. The third kappa shape index (κ3) is 3.28. The van der Waals surface area contributed by atoms with Gasteiger partial charge >= 0.3 is 0 Å². The van der Waals surface area contributed by atoms with E-state index in [1.165, 1.54) is 0 Å². The summed E-state index contributed by atoms with van der Waals surface area (Å²) in [7, 11) is 3.86. The number of pyridine rings is 1. The maximum atomic E-state index is 11.7. The summed E-state index contributed by atoms with van der Waals surface area (Å²) in [5.41, 5.74) is 4.21. The quantitative estimate of drug-likeness (QED) is 0.717. The second-order valence-corrected chi connectivity index (χ2v) is 6.92. The highest BCUT2D eigenvalue weighted by atomic mass is 16.5. The lowest BCUT2D eigenvalue weighted by molar-refractivity contribution is -0.116. The minimum absolute atomic E-state index is 0.0172. The number of amides is 1. The summed E-state index contributed by atoms with van der Waals surface area (Å²) in [6.45, 7) is 4.80. The van der Waals surface area contributed by atoms with Crippen molar-refractivity contribution >= 4 is 28.3 Å². The third-order valence-corrected chi connectivity index (χ3v) is 5.25. The molecule has 0 atom stereocenters. The average molecular weight is 364 g/mol. The Morgan fingerprint density at radius 3 is 2.70 bits per heavy atom. The molecule has 3 heterocycles. The summed E-state index contributed by atoms with van der Waals surface area (Å²) in [5, 5.41) is 1.11. The van der Waals surface area contributed by atoms with Gasteiger partial charge < -0.3 is 19.1 Å². The van der Waals surface area contributed by atoms with Crippen LogP contribution in [0.15, 0.2) is 42.6 Å². The first-order valence-electron chi connectivity index (χ1n) is 9.17. The zero-order valence-electron chi connectivity index (χ0n) is 16.0. The van der Waals surface area contributed by atoms with E-state index in [-0.39, 0.29) is 5.91 Å². The number of aryl methyl sites for hydroxylation is 1. The van der Waals surface area contributed by atoms with Crippen molar-refractivity contribution in [3.8, 4) is 11.3 Å². The largest absolute Gasteiger partial charge is 0.378 e. The number of benzene rings is 1. The van der Waals surface area contributed by atoms with Crippen molar-refractivity contribution in [2.45, 2.75) is 6.92 Å². The molecule has 0 N–H and O–H groups in total. The Labute approximate surface area is 159 Å². The summed E-state index contributed by atoms with van der Waals surface area (Å²) >= 11 is 0. The molecule has 6 heteroatoms. The normalized spacial score (nSPS) is 14.6. The lowest BCUT2D eigenvalue weighted by Gasteiger charge is -2.27. The number of fused-ring (bicyclic) bond motifs is 1. The van der Waals surface area contributed by atoms with Crippen LogP contribution in [0.2, 0.25) is 0 Å². The predicted octanol–water partition coefficient (Wildman–Crippen LogP) is 3.06. The Morgan fingerprint density at radius 2 is 1.96 bits per heavy atom. The van der Waals surface area contributed by atoms with Gasteiger partial charge in [-0.05, 0) is 18.2 Å². The highest BCUT2D eigenvalue weighted by Gasteiger charge is 2.16. The predicted molar refractivity (Wildman–Crippen MR) is 108 cm³/mol. The molecule has 140 valence electrons. The first-order chi connectivity index (χ1) is 13.0. The van der Waals surface area contributed by atoms with E-state index in [1.807, 2.05) is 24.4 Å². The number of ether oxygens (including phenoxy) is 1. The SMILES string of the molecule is CC(=O)N(C)c1cccc(-c2cc3cnc(N4CCOCC4)cc3n2C)c1. The fourth-order valence-corrected chi connectivity index (χ4v) is 3.52. The number of anilines is 2. The lowest BCUT2D eigenvalue weighted by Crippen LogP contribution is -2.36. The molecular formula is C21H24N4O2. The van der Waals surface area contributed by atoms with E-state index >= 15 is 0 Å². The van der Waals surface area contributed by atoms with Crippen LogP contribution in [0.25, 0.3) is 22.2 Å². The fourth-order valence-electron chi connectivity index (χ4n) is 3.52. The molecule has 1 aromatic carbocycles. The van der Waals surface area contributed by atoms with E-state index in [0.29, 0.717) is 0 Å². The minimum Gasteiger partial charge on any atom is -0.378 e. The number of morpholine rings is 1. The standard InChI is InChI=1S/C21H24N4O2/c1-15(26)23(2)18-6-4-5-16(11-18)19-12-17-14-22-21(13-20(17)24(19)3)25-7-9-27-10-8-25/h4-6,11-14H,7-10H2,1-3H3. The van der Waals surface area contributed by atoms with Gasteiger partial charge in [-0.2, -0.15) is 0 Å². The van der Waals surface area contributed by atoms with Crippen LogP contribution in [0.3, 0.4) is 0 Å². The summed E-state index contributed by atoms with van der Waals surface area (Å²) < 4.78 is 7.63. The van der Waals surface area contributed by atoms with Gasteiger partial charge in [-0.25, -0.2) is 4.98 Å². The van der Waals surface area contributed by atoms with Crippen molar-refractivity contribution in [1.82, 2.24) is 9.55 Å². The molecule has 0 saturated carbocycles. The zero-order chi connectivity index (χ0) is 19.0. The summed E-state index contributed by atoms with van der Waals surface area (Å²) in [4.78, 5) is 20.3. The van der Waals surface area contributed by atoms with Gasteiger partial charge in [0.2, 0.25) is 5.91 Å². The Kier molecular flexibility index (Phi) is 4.58. The molecule has 6 nitrogen and oxygen atoms in total. The van der Waals surface area contributed by atoms with Gasteiger partial charge in [-0.3, -0.25) is 4.79 Å². The zero-order valence-corrected chi connectivity index (χ0v) is 16.0. The molecule has 4 rings (SSSR count). The Morgan fingerprint density at radius 1 is 1.19 bits per heavy atom. The number of aromatic nitrogens is 2. The van der Waals surface area contributed by atoms with Gasteiger partial charge in [0.1, 0.15) is 5.82 Å². The van der Waals surface area contributed by atoms with Gasteiger partial charge in [0.25, 0.3) is 0 Å². The molecule has 27 heavy (non-hydrogen) atoms. The summed E-state index contributed by atoms with van der Waals surface area (Å²) in [6.07, 6.45) is 1.94. The smallest absolute Gasteiger partial charge is 0.223 e. The van der Waals surface area contributed by atoms with Crippen molar-refractivity contribution in [1.29, 1.82) is 0 Å². The molecule has 1 fully saturated rings. The highest BCUT2D eigenvalue weighted by molar-refractivity contribution is 5.92. The first-order valence-corrected chi connectivity index (χ1v) is 9.17. The first kappa shape index (κ1) is 17.5. The second kappa shape index (κ2) is 7.04. The fraction of sp³-hybridized carbons (Fsp3) is 0.333. The van der Waals surface area contributed by atoms with Crippen molar-refractivity contribution in [3.05, 3.63) is 42.6 Å². The van der Waals surface area contributed by atoms with E-state index in [1.54, 1.807) is 18.9 Å². The van der Waals surface area contributed by atoms with Crippen LogP contribution in [0.5, 0.6) is 0 Å². The van der Waals surface area contributed by atoms with E-state index in [4.69, 9.17) is 4.74 Å². The number of carbonyl (C=O) groups excluding carboxylic acids is 1. The van der Waals surface area contributed by atoms with Crippen LogP contribution in [0.1, 0.15) is 6.92 Å². The van der Waals surface area contributed by atoms with E-state index < -0.39 is 0 Å². The number of hydrogen-bond donors (Lipinski definition) is 0. The van der Waals surface area contributed by atoms with Crippen molar-refractivity contribution < 1.29 is 9.53 Å². The maximum Gasteiger partial charge on any atom is 0.223 e. The van der Waals surface area contributed by atoms with Gasteiger partial charge in [0, 0.05) is 68.7 Å². The van der Waals surface area contributed by atoms with Crippen LogP contribution >= 0.6 is 0 Å². The van der Waals surface area contributed by atoms with E-state index in [9.17, 15) is 4.79 Å². The molecule has 0 aliphatic carbocycles. The molecule has 1 aliphatic rings. The molecule has 1 amide bonds. The maximum absolute atomic E-state index is 11.7. The molecule has 0 spiro atoms. The van der Waals surface area contributed by atoms with Crippen molar-refractivity contribution in [3.63, 3.8) is 0 Å². The Balaban J connectivity index is 1.73. The van der Waals surface area contributed by atoms with Crippen LogP contribution < -0.4 is 9.80 Å². The van der Waals surface area contributed by atoms with Gasteiger partial charge in [-0.15, -0.1) is 0 Å². The van der Waals surface area contributed by atoms with Gasteiger partial charge in [0.15, 0.2) is 0 Å². The van der Waals surface area contributed by atoms with Crippen LogP contribution in [0, 0.1) is 0 Å². The van der Waals surface area contributed by atoms with Crippen molar-refractivity contribution in [2.75, 3.05) is 43.2 Å². The minimum atomic E-state index is 0.0172. The van der Waals surface area contributed by atoms with E-state index in [0.717, 1.165) is 60.0 Å². The number of rotatable bonds is 3. The number of carbonyl (C=O) groups is 1. The van der Waals surface area contributed by atoms with Gasteiger partial charge in [-0.1, -0.05) is 12.1 Å². The summed E-state index contributed by atoms with van der Waals surface area (Å²) in [5.74, 6) is 1.01. The van der Waals surface area contributed by atoms with E-state index in [2.05, 4.69) is 39.7 Å². The van der Waals surface area contributed by atoms with Crippen LogP contribution in [-0.4, -0.2) is 48.8 Å². The molecular weight excluding hydrogens is 340 g/mol. The molecule has 0 unspecified atom stereocenters. The molecule has 1 saturated heterocycles. The van der Waals surface area contributed by atoms with Crippen LogP contribution in [-0.2, 0) is 16.6 Å². The Bertz CT molecular complexity index is 989. The summed E-state index contributed by atoms with van der Waals surface area (Å²) in [6, 6.07) is 12.4. The van der Waals surface area contributed by atoms with Crippen molar-refractivity contribution in [2.24, 2.45) is 7.05 Å². The molecule has 2 aromatic heterocycles. The van der Waals surface area contributed by atoms with Crippen LogP contribution in [0.4, 0.5) is 11.5 Å². The average Bonchev–Trinajstić information content (AvgIpc) is 3.04. The molecule has 0 bridgehead atoms. The third-order valence-electron chi connectivity index (χ3n) is 5.25. The molecule has 0 radical (unpaired) electrons. The molecule has 3 aromatic rings.